The van der Waals surface area contributed by atoms with Crippen LogP contribution >= 0.6 is 34.5 Å². The molecule has 1 saturated heterocycles. The Bertz CT molecular complexity index is 662. The van der Waals surface area contributed by atoms with Crippen LogP contribution in [-0.2, 0) is 0 Å². The van der Waals surface area contributed by atoms with E-state index in [0.717, 1.165) is 36.3 Å². The van der Waals surface area contributed by atoms with Gasteiger partial charge in [0, 0.05) is 15.1 Å². The van der Waals surface area contributed by atoms with Crippen molar-refractivity contribution in [2.75, 3.05) is 33.2 Å². The number of hydrogen-bond acceptors (Lipinski definition) is 2. The van der Waals surface area contributed by atoms with E-state index >= 15 is 0 Å². The summed E-state index contributed by atoms with van der Waals surface area (Å²) in [7, 11) is 2.15. The van der Waals surface area contributed by atoms with Crippen molar-refractivity contribution in [2.45, 2.75) is 0 Å². The number of likely N-dealkylation sites (N-methyl/N-ethyl adjacent to an activating group) is 1. The molecule has 6 heteroatoms. The Morgan fingerprint density at radius 1 is 1.30 bits per heavy atom. The molecule has 1 aliphatic rings. The summed E-state index contributed by atoms with van der Waals surface area (Å²) in [5.74, 6) is 0.0415. The van der Waals surface area contributed by atoms with Gasteiger partial charge in [-0.25, -0.2) is 0 Å². The number of quaternary nitrogens is 1. The summed E-state index contributed by atoms with van der Waals surface area (Å²) in [4.78, 5) is 16.6. The highest BCUT2D eigenvalue weighted by Crippen LogP contribution is 2.37. The molecular formula is C14H15Cl2N2OS+. The van der Waals surface area contributed by atoms with Crippen LogP contribution in [0.15, 0.2) is 18.2 Å². The largest absolute Gasteiger partial charge is 0.334 e. The van der Waals surface area contributed by atoms with Gasteiger partial charge in [-0.1, -0.05) is 29.3 Å². The maximum absolute atomic E-state index is 12.6. The van der Waals surface area contributed by atoms with Crippen LogP contribution in [-0.4, -0.2) is 44.0 Å². The number of rotatable bonds is 1. The molecule has 2 aromatic rings. The first-order chi connectivity index (χ1) is 9.56. The summed E-state index contributed by atoms with van der Waals surface area (Å²) >= 11 is 13.8. The monoisotopic (exact) mass is 329 g/mol. The molecule has 0 bridgehead atoms. The number of carbonyl (C=O) groups excluding carboxylic acids is 1. The molecule has 1 N–H and O–H groups in total. The molecule has 1 aromatic heterocycles. The van der Waals surface area contributed by atoms with E-state index in [1.807, 2.05) is 17.0 Å². The molecule has 1 aliphatic heterocycles. The lowest BCUT2D eigenvalue weighted by Crippen LogP contribution is -3.12. The molecule has 0 radical (unpaired) electrons. The predicted molar refractivity (Wildman–Crippen MR) is 84.4 cm³/mol. The second kappa shape index (κ2) is 5.53. The Balaban J connectivity index is 1.93. The summed E-state index contributed by atoms with van der Waals surface area (Å²) in [6.07, 6.45) is 0. The maximum atomic E-state index is 12.6. The SMILES string of the molecule is C[NH+]1CCN(C(=O)c2sc3cc(Cl)ccc3c2Cl)CC1. The fourth-order valence-electron chi connectivity index (χ4n) is 2.41. The van der Waals surface area contributed by atoms with Crippen LogP contribution in [0.1, 0.15) is 9.67 Å². The molecule has 0 aliphatic carbocycles. The Kier molecular flexibility index (Phi) is 3.91. The first kappa shape index (κ1) is 14.1. The highest BCUT2D eigenvalue weighted by Gasteiger charge is 2.26. The van der Waals surface area contributed by atoms with Crippen LogP contribution < -0.4 is 4.90 Å². The highest BCUT2D eigenvalue weighted by atomic mass is 35.5. The number of hydrogen-bond donors (Lipinski definition) is 1. The van der Waals surface area contributed by atoms with Gasteiger partial charge >= 0.3 is 0 Å². The molecular weight excluding hydrogens is 315 g/mol. The summed E-state index contributed by atoms with van der Waals surface area (Å²) in [6, 6.07) is 5.54. The van der Waals surface area contributed by atoms with Gasteiger partial charge in [-0.2, -0.15) is 0 Å². The van der Waals surface area contributed by atoms with Gasteiger partial charge in [0.15, 0.2) is 0 Å². The fourth-order valence-corrected chi connectivity index (χ4v) is 4.17. The smallest absolute Gasteiger partial charge is 0.265 e. The fraction of sp³-hybridized carbons (Fsp3) is 0.357. The molecule has 0 saturated carbocycles. The van der Waals surface area contributed by atoms with E-state index in [1.54, 1.807) is 6.07 Å². The quantitative estimate of drug-likeness (QED) is 0.852. The lowest BCUT2D eigenvalue weighted by Gasteiger charge is -2.29. The third-order valence-electron chi connectivity index (χ3n) is 3.69. The minimum absolute atomic E-state index is 0.0415. The molecule has 1 aromatic carbocycles. The number of carbonyl (C=O) groups is 1. The number of nitrogens with zero attached hydrogens (tertiary/aromatic N) is 1. The second-order valence-corrected chi connectivity index (χ2v) is 7.00. The average Bonchev–Trinajstić information content (AvgIpc) is 2.75. The molecule has 2 heterocycles. The Morgan fingerprint density at radius 2 is 2.00 bits per heavy atom. The van der Waals surface area contributed by atoms with E-state index in [2.05, 4.69) is 7.05 Å². The number of halogens is 2. The first-order valence-electron chi connectivity index (χ1n) is 6.54. The minimum atomic E-state index is 0.0415. The number of nitrogens with one attached hydrogen (secondary N) is 1. The van der Waals surface area contributed by atoms with Crippen LogP contribution in [0.3, 0.4) is 0 Å². The van der Waals surface area contributed by atoms with Crippen molar-refractivity contribution in [3.05, 3.63) is 33.1 Å². The summed E-state index contributed by atoms with van der Waals surface area (Å²) in [5, 5.41) is 2.12. The predicted octanol–water partition coefficient (Wildman–Crippen LogP) is 2.18. The molecule has 0 spiro atoms. The van der Waals surface area contributed by atoms with Crippen molar-refractivity contribution >= 4 is 50.5 Å². The van der Waals surface area contributed by atoms with Crippen molar-refractivity contribution < 1.29 is 9.69 Å². The van der Waals surface area contributed by atoms with Crippen molar-refractivity contribution in [1.82, 2.24) is 4.90 Å². The van der Waals surface area contributed by atoms with E-state index in [4.69, 9.17) is 23.2 Å². The maximum Gasteiger partial charge on any atom is 0.265 e. The average molecular weight is 330 g/mol. The molecule has 0 atom stereocenters. The van der Waals surface area contributed by atoms with E-state index in [0.29, 0.717) is 14.9 Å². The van der Waals surface area contributed by atoms with Crippen molar-refractivity contribution in [2.24, 2.45) is 0 Å². The van der Waals surface area contributed by atoms with Crippen LogP contribution in [0.5, 0.6) is 0 Å². The second-order valence-electron chi connectivity index (χ2n) is 5.13. The van der Waals surface area contributed by atoms with Gasteiger partial charge in [0.1, 0.15) is 4.88 Å². The van der Waals surface area contributed by atoms with Gasteiger partial charge < -0.3 is 9.80 Å². The van der Waals surface area contributed by atoms with Gasteiger partial charge in [0.05, 0.1) is 38.2 Å². The lowest BCUT2D eigenvalue weighted by molar-refractivity contribution is -0.883. The Hall–Kier alpha value is -0.810. The number of fused-ring (bicyclic) bond motifs is 1. The van der Waals surface area contributed by atoms with Crippen LogP contribution in [0.2, 0.25) is 10.0 Å². The summed E-state index contributed by atoms with van der Waals surface area (Å²) in [5.41, 5.74) is 0. The third-order valence-corrected chi connectivity index (χ3v) is 5.57. The van der Waals surface area contributed by atoms with Crippen molar-refractivity contribution in [3.63, 3.8) is 0 Å². The Morgan fingerprint density at radius 3 is 2.70 bits per heavy atom. The number of benzene rings is 1. The lowest BCUT2D eigenvalue weighted by atomic mass is 10.2. The zero-order valence-corrected chi connectivity index (χ0v) is 13.4. The molecule has 3 rings (SSSR count). The standard InChI is InChI=1S/C14H14Cl2N2OS/c1-17-4-6-18(7-5-17)14(19)13-12(16)10-3-2-9(15)8-11(10)20-13/h2-3,8H,4-7H2,1H3/p+1. The van der Waals surface area contributed by atoms with E-state index in [1.165, 1.54) is 16.2 Å². The summed E-state index contributed by atoms with van der Waals surface area (Å²) < 4.78 is 0.964. The summed E-state index contributed by atoms with van der Waals surface area (Å²) in [6.45, 7) is 3.55. The molecule has 106 valence electrons. The zero-order chi connectivity index (χ0) is 14.3. The van der Waals surface area contributed by atoms with Crippen LogP contribution in [0.4, 0.5) is 0 Å². The Labute approximate surface area is 131 Å². The number of piperazine rings is 1. The van der Waals surface area contributed by atoms with E-state index < -0.39 is 0 Å². The topological polar surface area (TPSA) is 24.8 Å². The van der Waals surface area contributed by atoms with Crippen LogP contribution in [0.25, 0.3) is 10.1 Å². The number of thiophene rings is 1. The van der Waals surface area contributed by atoms with E-state index in [9.17, 15) is 4.79 Å². The zero-order valence-electron chi connectivity index (χ0n) is 11.1. The van der Waals surface area contributed by atoms with Crippen molar-refractivity contribution in [3.8, 4) is 0 Å². The van der Waals surface area contributed by atoms with Gasteiger partial charge in [-0.15, -0.1) is 11.3 Å². The molecule has 1 amide bonds. The van der Waals surface area contributed by atoms with Crippen LogP contribution in [0, 0.1) is 0 Å². The molecule has 1 fully saturated rings. The van der Waals surface area contributed by atoms with E-state index in [-0.39, 0.29) is 5.91 Å². The third kappa shape index (κ3) is 2.53. The highest BCUT2D eigenvalue weighted by molar-refractivity contribution is 7.21. The number of amides is 1. The van der Waals surface area contributed by atoms with Gasteiger partial charge in [0.2, 0.25) is 0 Å². The van der Waals surface area contributed by atoms with Crippen molar-refractivity contribution in [1.29, 1.82) is 0 Å². The normalized spacial score (nSPS) is 16.9. The molecule has 3 nitrogen and oxygen atoms in total. The minimum Gasteiger partial charge on any atom is -0.334 e. The first-order valence-corrected chi connectivity index (χ1v) is 8.11. The van der Waals surface area contributed by atoms with Gasteiger partial charge in [-0.3, -0.25) is 4.79 Å². The van der Waals surface area contributed by atoms with Gasteiger partial charge in [0.25, 0.3) is 5.91 Å². The van der Waals surface area contributed by atoms with Gasteiger partial charge in [-0.05, 0) is 12.1 Å². The molecule has 20 heavy (non-hydrogen) atoms. The molecule has 0 unspecified atom stereocenters.